The van der Waals surface area contributed by atoms with E-state index in [1.807, 2.05) is 11.8 Å². The lowest BCUT2D eigenvalue weighted by atomic mass is 10.0. The monoisotopic (exact) mass is 462 g/mol. The van der Waals surface area contributed by atoms with Gasteiger partial charge in [-0.25, -0.2) is 8.42 Å². The first-order valence-corrected chi connectivity index (χ1v) is 12.7. The molecule has 0 bridgehead atoms. The van der Waals surface area contributed by atoms with Crippen molar-refractivity contribution in [3.05, 3.63) is 28.7 Å². The number of thioether (sulfide) groups is 1. The third-order valence-electron chi connectivity index (χ3n) is 4.36. The third-order valence-corrected chi connectivity index (χ3v) is 7.62. The van der Waals surface area contributed by atoms with Gasteiger partial charge in [-0.1, -0.05) is 31.4 Å². The number of amides is 1. The van der Waals surface area contributed by atoms with E-state index >= 15 is 0 Å². The molecule has 1 fully saturated rings. The molecule has 0 unspecified atom stereocenters. The Kier molecular flexibility index (Phi) is 8.76. The van der Waals surface area contributed by atoms with E-state index < -0.39 is 10.0 Å². The molecule has 146 valence electrons. The van der Waals surface area contributed by atoms with Gasteiger partial charge < -0.3 is 5.32 Å². The van der Waals surface area contributed by atoms with E-state index in [2.05, 4.69) is 21.2 Å². The molecule has 2 rings (SSSR count). The van der Waals surface area contributed by atoms with Gasteiger partial charge in [-0.3, -0.25) is 9.10 Å². The van der Waals surface area contributed by atoms with Crippen molar-refractivity contribution in [1.29, 1.82) is 0 Å². The van der Waals surface area contributed by atoms with Gasteiger partial charge in [-0.15, -0.1) is 0 Å². The number of nitrogens with one attached hydrogen (secondary N) is 1. The van der Waals surface area contributed by atoms with Gasteiger partial charge in [0.1, 0.15) is 6.54 Å². The summed E-state index contributed by atoms with van der Waals surface area (Å²) in [4.78, 5) is 12.2. The van der Waals surface area contributed by atoms with Crippen molar-refractivity contribution in [3.8, 4) is 0 Å². The first-order valence-electron chi connectivity index (χ1n) is 8.98. The van der Waals surface area contributed by atoms with E-state index in [4.69, 9.17) is 0 Å². The molecular weight excluding hydrogens is 436 g/mol. The van der Waals surface area contributed by atoms with Crippen LogP contribution in [0.15, 0.2) is 28.7 Å². The second kappa shape index (κ2) is 10.6. The number of para-hydroxylation sites is 1. The molecule has 1 aliphatic rings. The van der Waals surface area contributed by atoms with Crippen molar-refractivity contribution in [1.82, 2.24) is 5.32 Å². The maximum atomic E-state index is 12.2. The number of anilines is 1. The average Bonchev–Trinajstić information content (AvgIpc) is 2.60. The SMILES string of the molecule is CS(=O)(=O)N(CC(=O)NCCCSC1CCCCC1)c1ccccc1Br. The maximum absolute atomic E-state index is 12.2. The van der Waals surface area contributed by atoms with Crippen LogP contribution >= 0.6 is 27.7 Å². The van der Waals surface area contributed by atoms with Gasteiger partial charge in [0.15, 0.2) is 0 Å². The molecule has 1 aromatic rings. The molecule has 1 aliphatic carbocycles. The zero-order valence-corrected chi connectivity index (χ0v) is 18.3. The highest BCUT2D eigenvalue weighted by atomic mass is 79.9. The van der Waals surface area contributed by atoms with Gasteiger partial charge in [-0.2, -0.15) is 11.8 Å². The maximum Gasteiger partial charge on any atom is 0.240 e. The Balaban J connectivity index is 1.78. The zero-order valence-electron chi connectivity index (χ0n) is 15.1. The fourth-order valence-electron chi connectivity index (χ4n) is 3.00. The lowest BCUT2D eigenvalue weighted by Gasteiger charge is -2.23. The van der Waals surface area contributed by atoms with Crippen molar-refractivity contribution in [2.24, 2.45) is 0 Å². The smallest absolute Gasteiger partial charge is 0.240 e. The summed E-state index contributed by atoms with van der Waals surface area (Å²) >= 11 is 5.35. The Hall–Kier alpha value is -0.730. The second-order valence-electron chi connectivity index (χ2n) is 6.56. The summed E-state index contributed by atoms with van der Waals surface area (Å²) in [5.74, 6) is 0.749. The van der Waals surface area contributed by atoms with Crippen LogP contribution in [-0.2, 0) is 14.8 Å². The van der Waals surface area contributed by atoms with Crippen molar-refractivity contribution in [2.45, 2.75) is 43.8 Å². The molecular formula is C18H27BrN2O3S2. The highest BCUT2D eigenvalue weighted by Gasteiger charge is 2.22. The van der Waals surface area contributed by atoms with Crippen LogP contribution in [0.3, 0.4) is 0 Å². The molecule has 5 nitrogen and oxygen atoms in total. The minimum atomic E-state index is -3.55. The molecule has 0 radical (unpaired) electrons. The molecule has 8 heteroatoms. The normalized spacial score (nSPS) is 15.6. The highest BCUT2D eigenvalue weighted by molar-refractivity contribution is 9.10. The van der Waals surface area contributed by atoms with E-state index in [-0.39, 0.29) is 12.5 Å². The number of halogens is 1. The largest absolute Gasteiger partial charge is 0.354 e. The van der Waals surface area contributed by atoms with E-state index in [0.29, 0.717) is 16.7 Å². The molecule has 1 N–H and O–H groups in total. The fourth-order valence-corrected chi connectivity index (χ4v) is 5.80. The Morgan fingerprint density at radius 3 is 2.62 bits per heavy atom. The number of hydrogen-bond donors (Lipinski definition) is 1. The molecule has 1 aromatic carbocycles. The molecule has 1 amide bonds. The first kappa shape index (κ1) is 21.6. The Morgan fingerprint density at radius 1 is 1.27 bits per heavy atom. The van der Waals surface area contributed by atoms with Crippen molar-refractivity contribution < 1.29 is 13.2 Å². The van der Waals surface area contributed by atoms with Crippen molar-refractivity contribution >= 4 is 49.3 Å². The Bertz CT molecular complexity index is 691. The average molecular weight is 463 g/mol. The highest BCUT2D eigenvalue weighted by Crippen LogP contribution is 2.28. The van der Waals surface area contributed by atoms with Crippen LogP contribution in [0.25, 0.3) is 0 Å². The predicted octanol–water partition coefficient (Wildman–Crippen LogP) is 3.79. The molecule has 0 spiro atoms. The second-order valence-corrected chi connectivity index (χ2v) is 10.7. The van der Waals surface area contributed by atoms with Crippen LogP contribution in [-0.4, -0.2) is 44.7 Å². The number of carbonyl (C=O) groups excluding carboxylic acids is 1. The summed E-state index contributed by atoms with van der Waals surface area (Å²) in [5, 5.41) is 3.61. The van der Waals surface area contributed by atoms with Gasteiger partial charge in [0, 0.05) is 16.3 Å². The minimum absolute atomic E-state index is 0.211. The summed E-state index contributed by atoms with van der Waals surface area (Å²) in [6.07, 6.45) is 8.68. The molecule has 0 aromatic heterocycles. The van der Waals surface area contributed by atoms with Gasteiger partial charge in [0.05, 0.1) is 11.9 Å². The van der Waals surface area contributed by atoms with Crippen LogP contribution in [0.2, 0.25) is 0 Å². The third kappa shape index (κ3) is 7.12. The summed E-state index contributed by atoms with van der Waals surface area (Å²) in [7, 11) is -3.55. The van der Waals surface area contributed by atoms with Gasteiger partial charge in [-0.05, 0) is 53.1 Å². The van der Waals surface area contributed by atoms with Crippen LogP contribution in [0.4, 0.5) is 5.69 Å². The standard InChI is InChI=1S/C18H27BrN2O3S2/c1-26(23,24)21(17-11-6-5-10-16(17)19)14-18(22)20-12-7-13-25-15-8-3-2-4-9-15/h5-6,10-11,15H,2-4,7-9,12-14H2,1H3,(H,20,22). The summed E-state index contributed by atoms with van der Waals surface area (Å²) in [6.45, 7) is 0.364. The van der Waals surface area contributed by atoms with E-state index in [9.17, 15) is 13.2 Å². The summed E-state index contributed by atoms with van der Waals surface area (Å²) in [5.41, 5.74) is 0.470. The van der Waals surface area contributed by atoms with Gasteiger partial charge in [0.25, 0.3) is 0 Å². The van der Waals surface area contributed by atoms with Crippen molar-refractivity contribution in [3.63, 3.8) is 0 Å². The molecule has 0 atom stereocenters. The summed E-state index contributed by atoms with van der Waals surface area (Å²) < 4.78 is 26.0. The van der Waals surface area contributed by atoms with E-state index in [1.165, 1.54) is 32.1 Å². The number of hydrogen-bond acceptors (Lipinski definition) is 4. The fraction of sp³-hybridized carbons (Fsp3) is 0.611. The summed E-state index contributed by atoms with van der Waals surface area (Å²) in [6, 6.07) is 6.99. The van der Waals surface area contributed by atoms with Crippen molar-refractivity contribution in [2.75, 3.05) is 29.4 Å². The number of sulfonamides is 1. The molecule has 0 heterocycles. The van der Waals surface area contributed by atoms with Gasteiger partial charge in [0.2, 0.25) is 15.9 Å². The predicted molar refractivity (Wildman–Crippen MR) is 113 cm³/mol. The van der Waals surface area contributed by atoms with E-state index in [0.717, 1.165) is 28.0 Å². The lowest BCUT2D eigenvalue weighted by Crippen LogP contribution is -2.40. The quantitative estimate of drug-likeness (QED) is 0.566. The first-order chi connectivity index (χ1) is 12.4. The number of rotatable bonds is 9. The van der Waals surface area contributed by atoms with Crippen LogP contribution < -0.4 is 9.62 Å². The molecule has 0 saturated heterocycles. The van der Waals surface area contributed by atoms with E-state index in [1.54, 1.807) is 24.3 Å². The van der Waals surface area contributed by atoms with Crippen LogP contribution in [0.5, 0.6) is 0 Å². The minimum Gasteiger partial charge on any atom is -0.354 e. The molecule has 26 heavy (non-hydrogen) atoms. The van der Waals surface area contributed by atoms with Crippen LogP contribution in [0, 0.1) is 0 Å². The Labute approximate surface area is 169 Å². The molecule has 1 saturated carbocycles. The Morgan fingerprint density at radius 2 is 1.96 bits per heavy atom. The topological polar surface area (TPSA) is 66.5 Å². The molecule has 0 aliphatic heterocycles. The van der Waals surface area contributed by atoms with Crippen LogP contribution in [0.1, 0.15) is 38.5 Å². The lowest BCUT2D eigenvalue weighted by molar-refractivity contribution is -0.119. The zero-order chi connectivity index (χ0) is 19.0. The van der Waals surface area contributed by atoms with Gasteiger partial charge >= 0.3 is 0 Å². The number of carbonyl (C=O) groups is 1. The number of nitrogens with zero attached hydrogens (tertiary/aromatic N) is 1. The number of benzene rings is 1.